The molecule has 0 amide bonds. The van der Waals surface area contributed by atoms with Gasteiger partial charge in [0.25, 0.3) is 0 Å². The molecule has 11 aromatic rings. The predicted molar refractivity (Wildman–Crippen MR) is 349 cm³/mol. The molecule has 0 heterocycles. The summed E-state index contributed by atoms with van der Waals surface area (Å²) in [4.78, 5) is 0. The highest BCUT2D eigenvalue weighted by Crippen LogP contribution is 2.54. The fourth-order valence-corrected chi connectivity index (χ4v) is 12.9. The Morgan fingerprint density at radius 3 is 0.659 bits per heavy atom. The Labute approximate surface area is 503 Å². The van der Waals surface area contributed by atoms with E-state index in [2.05, 4.69) is 225 Å². The highest BCUT2D eigenvalue weighted by atomic mass is 16.3. The zero-order valence-corrected chi connectivity index (χ0v) is 50.0. The Morgan fingerprint density at radius 2 is 0.412 bits per heavy atom. The van der Waals surface area contributed by atoms with Crippen molar-refractivity contribution in [3.63, 3.8) is 0 Å². The van der Waals surface area contributed by atoms with Crippen LogP contribution in [0.25, 0.3) is 0 Å². The average molecular weight is 1110 g/mol. The van der Waals surface area contributed by atoms with Crippen LogP contribution >= 0.6 is 0 Å². The van der Waals surface area contributed by atoms with Crippen LogP contribution in [0, 0.1) is 0 Å². The number of hydrogen-bond acceptors (Lipinski definition) is 4. The van der Waals surface area contributed by atoms with Crippen molar-refractivity contribution in [2.45, 2.75) is 94.8 Å². The van der Waals surface area contributed by atoms with Crippen molar-refractivity contribution in [2.75, 3.05) is 0 Å². The van der Waals surface area contributed by atoms with Crippen molar-refractivity contribution in [3.8, 4) is 23.0 Å². The second kappa shape index (κ2) is 23.3. The van der Waals surface area contributed by atoms with E-state index >= 15 is 0 Å². The lowest BCUT2D eigenvalue weighted by molar-refractivity contribution is 0.445. The first kappa shape index (κ1) is 57.4. The third kappa shape index (κ3) is 11.1. The minimum atomic E-state index is -0.779. The minimum absolute atomic E-state index is 0.0456. The van der Waals surface area contributed by atoms with Gasteiger partial charge in [-0.3, -0.25) is 0 Å². The zero-order valence-electron chi connectivity index (χ0n) is 50.0. The molecule has 0 radical (unpaired) electrons. The Morgan fingerprint density at radius 1 is 0.212 bits per heavy atom. The van der Waals surface area contributed by atoms with Crippen LogP contribution in [0.15, 0.2) is 273 Å². The topological polar surface area (TPSA) is 80.9 Å². The van der Waals surface area contributed by atoms with Crippen molar-refractivity contribution < 1.29 is 20.4 Å². The van der Waals surface area contributed by atoms with Gasteiger partial charge in [0.05, 0.1) is 0 Å². The maximum atomic E-state index is 14.0. The smallest absolute Gasteiger partial charge is 0.123 e. The summed E-state index contributed by atoms with van der Waals surface area (Å²) >= 11 is 0. The van der Waals surface area contributed by atoms with Gasteiger partial charge in [0.2, 0.25) is 0 Å². The van der Waals surface area contributed by atoms with Crippen LogP contribution in [-0.4, -0.2) is 20.4 Å². The molecule has 0 aliphatic heterocycles. The van der Waals surface area contributed by atoms with Gasteiger partial charge in [0, 0.05) is 72.8 Å². The van der Waals surface area contributed by atoms with E-state index in [1.165, 1.54) is 0 Å². The normalized spacial score (nSPS) is 13.2. The van der Waals surface area contributed by atoms with E-state index in [-0.39, 0.29) is 23.0 Å². The molecule has 0 spiro atoms. The molecular formula is C81H76O4. The van der Waals surface area contributed by atoms with Crippen molar-refractivity contribution in [1.29, 1.82) is 0 Å². The van der Waals surface area contributed by atoms with Gasteiger partial charge in [-0.2, -0.15) is 0 Å². The first-order valence-electron chi connectivity index (χ1n) is 29.7. The molecule has 2 atom stereocenters. The first-order chi connectivity index (χ1) is 40.9. The summed E-state index contributed by atoms with van der Waals surface area (Å²) in [5.74, 6) is -1.80. The van der Waals surface area contributed by atoms with Gasteiger partial charge in [-0.1, -0.05) is 316 Å². The molecule has 85 heavy (non-hydrogen) atoms. The number of rotatable bonds is 17. The van der Waals surface area contributed by atoms with Crippen LogP contribution in [-0.2, 0) is 21.7 Å². The number of benzene rings is 11. The lowest BCUT2D eigenvalue weighted by Gasteiger charge is -2.34. The van der Waals surface area contributed by atoms with E-state index in [9.17, 15) is 20.4 Å². The van der Waals surface area contributed by atoms with Gasteiger partial charge in [-0.25, -0.2) is 0 Å². The fraction of sp³-hybridized carbons (Fsp3) is 0.185. The standard InChI is InChI=1S/C81H76O4/c1-78(2,57-36-22-12-23-37-57)61-44-46-71(82)65(48-61)73(54-30-16-9-17-31-54)67-50-63(80(5,6)59-40-26-14-27-41-59)52-69(76(67)84)75(56-34-20-11-21-35-56)70-53-64(81(7,8)60-42-28-15-29-43-60)51-68(77(70)85)74(55-32-18-10-19-33-55)66-49-62(45-47-72(66)83)79(3,4)58-38-24-13-25-39-58/h9-53,73-75,82-85H,1-8H3. The Kier molecular flexibility index (Phi) is 15.8. The molecule has 0 aromatic heterocycles. The van der Waals surface area contributed by atoms with Crippen LogP contribution in [0.5, 0.6) is 23.0 Å². The fourth-order valence-electron chi connectivity index (χ4n) is 12.9. The molecule has 11 rings (SSSR count). The van der Waals surface area contributed by atoms with Gasteiger partial charge in [0.15, 0.2) is 0 Å². The molecule has 11 aromatic carbocycles. The number of hydrogen-bond donors (Lipinski definition) is 4. The summed E-state index contributed by atoms with van der Waals surface area (Å²) < 4.78 is 0. The summed E-state index contributed by atoms with van der Waals surface area (Å²) in [6, 6.07) is 92.7. The molecule has 2 unspecified atom stereocenters. The molecule has 0 saturated carbocycles. The van der Waals surface area contributed by atoms with Crippen molar-refractivity contribution in [1.82, 2.24) is 0 Å². The van der Waals surface area contributed by atoms with Crippen LogP contribution in [0.1, 0.15) is 168 Å². The van der Waals surface area contributed by atoms with Crippen LogP contribution in [0.4, 0.5) is 0 Å². The maximum absolute atomic E-state index is 14.0. The molecule has 4 N–H and O–H groups in total. The van der Waals surface area contributed by atoms with Crippen molar-refractivity contribution in [2.24, 2.45) is 0 Å². The van der Waals surface area contributed by atoms with Crippen LogP contribution in [0.3, 0.4) is 0 Å². The van der Waals surface area contributed by atoms with Gasteiger partial charge in [0.1, 0.15) is 23.0 Å². The molecule has 0 fully saturated rings. The van der Waals surface area contributed by atoms with Gasteiger partial charge >= 0.3 is 0 Å². The highest BCUT2D eigenvalue weighted by Gasteiger charge is 2.38. The summed E-state index contributed by atoms with van der Waals surface area (Å²) in [6.07, 6.45) is 0. The largest absolute Gasteiger partial charge is 0.508 e. The van der Waals surface area contributed by atoms with Gasteiger partial charge < -0.3 is 20.4 Å². The van der Waals surface area contributed by atoms with E-state index in [4.69, 9.17) is 0 Å². The van der Waals surface area contributed by atoms with E-state index < -0.39 is 39.4 Å². The van der Waals surface area contributed by atoms with Crippen molar-refractivity contribution >= 4 is 0 Å². The second-order valence-electron chi connectivity index (χ2n) is 25.0. The van der Waals surface area contributed by atoms with E-state index in [0.29, 0.717) is 33.4 Å². The Hall–Kier alpha value is -9.38. The molecule has 0 saturated heterocycles. The van der Waals surface area contributed by atoms with Gasteiger partial charge in [-0.05, 0) is 73.3 Å². The van der Waals surface area contributed by atoms with Gasteiger partial charge in [-0.15, -0.1) is 0 Å². The first-order valence-corrected chi connectivity index (χ1v) is 29.7. The van der Waals surface area contributed by atoms with Crippen molar-refractivity contribution in [3.05, 3.63) is 368 Å². The van der Waals surface area contributed by atoms with Crippen LogP contribution < -0.4 is 0 Å². The van der Waals surface area contributed by atoms with Crippen LogP contribution in [0.2, 0.25) is 0 Å². The Bertz CT molecular complexity index is 3830. The summed E-state index contributed by atoms with van der Waals surface area (Å²) in [5.41, 5.74) is 12.5. The number of phenols is 4. The van der Waals surface area contributed by atoms with E-state index in [0.717, 1.165) is 61.2 Å². The molecule has 0 aliphatic rings. The molecule has 0 aliphatic carbocycles. The minimum Gasteiger partial charge on any atom is -0.508 e. The predicted octanol–water partition coefficient (Wildman–Crippen LogP) is 19.4. The second-order valence-corrected chi connectivity index (χ2v) is 25.0. The lowest BCUT2D eigenvalue weighted by atomic mass is 9.70. The third-order valence-electron chi connectivity index (χ3n) is 18.5. The third-order valence-corrected chi connectivity index (χ3v) is 18.5. The lowest BCUT2D eigenvalue weighted by Crippen LogP contribution is -2.22. The zero-order chi connectivity index (χ0) is 59.7. The van der Waals surface area contributed by atoms with E-state index in [1.54, 1.807) is 12.1 Å². The monoisotopic (exact) mass is 1110 g/mol. The molecular weight excluding hydrogens is 1040 g/mol. The summed E-state index contributed by atoms with van der Waals surface area (Å²) in [6.45, 7) is 17.7. The SMILES string of the molecule is CC(C)(c1ccccc1)c1ccc(O)c(C(c2ccccc2)c2cc(C(C)(C)c3ccccc3)cc(C(c3ccccc3)c3cc(C(C)(C)c4ccccc4)cc(C(c4ccccc4)c4cc(C(C)(C)c5ccccc5)ccc4O)c3O)c2O)c1. The highest BCUT2D eigenvalue weighted by molar-refractivity contribution is 5.67. The van der Waals surface area contributed by atoms with E-state index in [1.807, 2.05) is 91.0 Å². The number of aromatic hydroxyl groups is 4. The molecule has 4 nitrogen and oxygen atoms in total. The summed E-state index contributed by atoms with van der Waals surface area (Å²) in [5, 5.41) is 52.8. The number of phenolic OH excluding ortho intramolecular Hbond substituents is 4. The molecule has 0 bridgehead atoms. The average Bonchev–Trinajstić information content (AvgIpc) is 1.45. The Balaban J connectivity index is 1.24. The summed E-state index contributed by atoms with van der Waals surface area (Å²) in [7, 11) is 0. The molecule has 4 heteroatoms. The quantitative estimate of drug-likeness (QED) is 0.0685. The molecule has 424 valence electrons. The maximum Gasteiger partial charge on any atom is 0.123 e.